The minimum Gasteiger partial charge on any atom is -0.389 e. The van der Waals surface area contributed by atoms with Gasteiger partial charge in [0.2, 0.25) is 0 Å². The third-order valence-electron chi connectivity index (χ3n) is 2.78. The molecule has 116 valence electrons. The highest BCUT2D eigenvalue weighted by Crippen LogP contribution is 2.24. The molecule has 1 aromatic carbocycles. The predicted molar refractivity (Wildman–Crippen MR) is 80.5 cm³/mol. The standard InChI is InChI=1S/C14H21N3O4/c1-5-15-10-6-7-12(17(20)21)11(8-10)13(18)16(4)9-14(2,3)19/h6-8,15,19H,5,9H2,1-4H3. The molecule has 0 saturated carbocycles. The van der Waals surface area contributed by atoms with Gasteiger partial charge in [0.05, 0.1) is 10.5 Å². The number of nitrogens with one attached hydrogen (secondary N) is 1. The second-order valence-corrected chi connectivity index (χ2v) is 5.49. The molecule has 0 unspecified atom stereocenters. The minimum absolute atomic E-state index is 0.00481. The first-order valence-corrected chi connectivity index (χ1v) is 6.66. The van der Waals surface area contributed by atoms with Crippen LogP contribution in [0.25, 0.3) is 0 Å². The molecule has 1 amide bonds. The Labute approximate surface area is 123 Å². The molecular weight excluding hydrogens is 274 g/mol. The second-order valence-electron chi connectivity index (χ2n) is 5.49. The summed E-state index contributed by atoms with van der Waals surface area (Å²) in [5, 5.41) is 23.8. The number of nitro groups is 1. The van der Waals surface area contributed by atoms with Gasteiger partial charge in [-0.15, -0.1) is 0 Å². The largest absolute Gasteiger partial charge is 0.389 e. The average Bonchev–Trinajstić information content (AvgIpc) is 2.35. The number of hydrogen-bond donors (Lipinski definition) is 2. The van der Waals surface area contributed by atoms with Crippen LogP contribution >= 0.6 is 0 Å². The number of carbonyl (C=O) groups is 1. The summed E-state index contributed by atoms with van der Waals surface area (Å²) in [6, 6.07) is 4.34. The van der Waals surface area contributed by atoms with Crippen molar-refractivity contribution in [2.24, 2.45) is 0 Å². The van der Waals surface area contributed by atoms with Crippen molar-refractivity contribution in [3.05, 3.63) is 33.9 Å². The molecule has 1 aromatic rings. The maximum absolute atomic E-state index is 12.4. The van der Waals surface area contributed by atoms with Crippen LogP contribution in [0, 0.1) is 10.1 Å². The molecule has 0 atom stereocenters. The van der Waals surface area contributed by atoms with E-state index in [1.807, 2.05) is 6.92 Å². The summed E-state index contributed by atoms with van der Waals surface area (Å²) >= 11 is 0. The van der Waals surface area contributed by atoms with Crippen molar-refractivity contribution in [3.8, 4) is 0 Å². The van der Waals surface area contributed by atoms with Gasteiger partial charge in [0, 0.05) is 31.9 Å². The highest BCUT2D eigenvalue weighted by molar-refractivity contribution is 5.99. The van der Waals surface area contributed by atoms with Gasteiger partial charge in [-0.25, -0.2) is 0 Å². The van der Waals surface area contributed by atoms with Gasteiger partial charge >= 0.3 is 0 Å². The molecular formula is C14H21N3O4. The highest BCUT2D eigenvalue weighted by atomic mass is 16.6. The Morgan fingerprint density at radius 2 is 2.10 bits per heavy atom. The zero-order valence-electron chi connectivity index (χ0n) is 12.7. The van der Waals surface area contributed by atoms with Gasteiger partial charge in [0.1, 0.15) is 5.56 Å². The number of rotatable bonds is 6. The number of aliphatic hydroxyl groups is 1. The number of hydrogen-bond acceptors (Lipinski definition) is 5. The number of amides is 1. The molecule has 0 fully saturated rings. The van der Waals surface area contributed by atoms with Gasteiger partial charge < -0.3 is 15.3 Å². The monoisotopic (exact) mass is 295 g/mol. The maximum atomic E-state index is 12.4. The van der Waals surface area contributed by atoms with E-state index in [-0.39, 0.29) is 17.8 Å². The summed E-state index contributed by atoms with van der Waals surface area (Å²) in [6.07, 6.45) is 0. The molecule has 1 rings (SSSR count). The molecule has 0 bridgehead atoms. The number of benzene rings is 1. The Bertz CT molecular complexity index is 538. The van der Waals surface area contributed by atoms with Crippen molar-refractivity contribution in [1.29, 1.82) is 0 Å². The topological polar surface area (TPSA) is 95.7 Å². The van der Waals surface area contributed by atoms with Crippen LogP contribution in [0.5, 0.6) is 0 Å². The molecule has 0 spiro atoms. The van der Waals surface area contributed by atoms with Gasteiger partial charge in [0.15, 0.2) is 0 Å². The van der Waals surface area contributed by atoms with Crippen LogP contribution in [0.2, 0.25) is 0 Å². The first-order chi connectivity index (χ1) is 9.65. The number of anilines is 1. The maximum Gasteiger partial charge on any atom is 0.282 e. The van der Waals surface area contributed by atoms with E-state index in [2.05, 4.69) is 5.32 Å². The molecule has 0 aromatic heterocycles. The Hall–Kier alpha value is -2.15. The molecule has 0 radical (unpaired) electrons. The van der Waals surface area contributed by atoms with Gasteiger partial charge in [-0.3, -0.25) is 14.9 Å². The lowest BCUT2D eigenvalue weighted by Gasteiger charge is -2.25. The van der Waals surface area contributed by atoms with Crippen LogP contribution < -0.4 is 5.32 Å². The van der Waals surface area contributed by atoms with Crippen molar-refractivity contribution < 1.29 is 14.8 Å². The summed E-state index contributed by atoms with van der Waals surface area (Å²) in [6.45, 7) is 5.75. The summed E-state index contributed by atoms with van der Waals surface area (Å²) < 4.78 is 0. The molecule has 7 heteroatoms. The van der Waals surface area contributed by atoms with E-state index < -0.39 is 16.4 Å². The first-order valence-electron chi connectivity index (χ1n) is 6.66. The zero-order valence-corrected chi connectivity index (χ0v) is 12.7. The fourth-order valence-corrected chi connectivity index (χ4v) is 2.04. The third-order valence-corrected chi connectivity index (χ3v) is 2.78. The number of carbonyl (C=O) groups excluding carboxylic acids is 1. The first kappa shape index (κ1) is 16.9. The van der Waals surface area contributed by atoms with Crippen LogP contribution in [-0.4, -0.2) is 46.6 Å². The number of nitrogens with zero attached hydrogens (tertiary/aromatic N) is 2. The minimum atomic E-state index is -1.07. The fraction of sp³-hybridized carbons (Fsp3) is 0.500. The Morgan fingerprint density at radius 3 is 2.57 bits per heavy atom. The molecule has 0 heterocycles. The fourth-order valence-electron chi connectivity index (χ4n) is 2.04. The van der Waals surface area contributed by atoms with Crippen LogP contribution in [0.15, 0.2) is 18.2 Å². The van der Waals surface area contributed by atoms with E-state index in [1.54, 1.807) is 19.9 Å². The summed E-state index contributed by atoms with van der Waals surface area (Å²) in [4.78, 5) is 24.1. The molecule has 2 N–H and O–H groups in total. The number of likely N-dealkylation sites (N-methyl/N-ethyl adjacent to an activating group) is 1. The Morgan fingerprint density at radius 1 is 1.48 bits per heavy atom. The molecule has 21 heavy (non-hydrogen) atoms. The van der Waals surface area contributed by atoms with E-state index in [0.29, 0.717) is 12.2 Å². The molecule has 7 nitrogen and oxygen atoms in total. The smallest absolute Gasteiger partial charge is 0.282 e. The lowest BCUT2D eigenvalue weighted by molar-refractivity contribution is -0.385. The molecule has 0 aliphatic rings. The van der Waals surface area contributed by atoms with Gasteiger partial charge in [-0.2, -0.15) is 0 Å². The molecule has 0 aliphatic carbocycles. The predicted octanol–water partition coefficient (Wildman–Crippen LogP) is 1.87. The molecule has 0 aliphatic heterocycles. The summed E-state index contributed by atoms with van der Waals surface area (Å²) in [7, 11) is 1.50. The second kappa shape index (κ2) is 6.53. The van der Waals surface area contributed by atoms with Crippen molar-refractivity contribution in [2.45, 2.75) is 26.4 Å². The zero-order chi connectivity index (χ0) is 16.2. The molecule has 0 saturated heterocycles. The van der Waals surface area contributed by atoms with Crippen molar-refractivity contribution in [3.63, 3.8) is 0 Å². The summed E-state index contributed by atoms with van der Waals surface area (Å²) in [5.41, 5.74) is -0.670. The average molecular weight is 295 g/mol. The van der Waals surface area contributed by atoms with E-state index in [1.165, 1.54) is 24.1 Å². The van der Waals surface area contributed by atoms with Crippen molar-refractivity contribution in [2.75, 3.05) is 25.5 Å². The van der Waals surface area contributed by atoms with E-state index in [0.717, 1.165) is 0 Å². The van der Waals surface area contributed by atoms with Crippen LogP contribution in [0.4, 0.5) is 11.4 Å². The van der Waals surface area contributed by atoms with Gasteiger partial charge in [-0.05, 0) is 32.9 Å². The van der Waals surface area contributed by atoms with Gasteiger partial charge in [-0.1, -0.05) is 0 Å². The van der Waals surface area contributed by atoms with Crippen LogP contribution in [-0.2, 0) is 0 Å². The highest BCUT2D eigenvalue weighted by Gasteiger charge is 2.26. The Balaban J connectivity index is 3.15. The quantitative estimate of drug-likeness (QED) is 0.617. The van der Waals surface area contributed by atoms with E-state index in [9.17, 15) is 20.0 Å². The SMILES string of the molecule is CCNc1ccc([N+](=O)[O-])c(C(=O)N(C)CC(C)(C)O)c1. The van der Waals surface area contributed by atoms with Crippen LogP contribution in [0.1, 0.15) is 31.1 Å². The third kappa shape index (κ3) is 4.71. The summed E-state index contributed by atoms with van der Waals surface area (Å²) in [5.74, 6) is -0.497. The lowest BCUT2D eigenvalue weighted by atomic mass is 10.1. The van der Waals surface area contributed by atoms with E-state index in [4.69, 9.17) is 0 Å². The normalized spacial score (nSPS) is 11.1. The van der Waals surface area contributed by atoms with Gasteiger partial charge in [0.25, 0.3) is 11.6 Å². The van der Waals surface area contributed by atoms with Crippen LogP contribution in [0.3, 0.4) is 0 Å². The Kier molecular flexibility index (Phi) is 5.26. The number of nitro benzene ring substituents is 1. The van der Waals surface area contributed by atoms with Crippen molar-refractivity contribution >= 4 is 17.3 Å². The van der Waals surface area contributed by atoms with Crippen molar-refractivity contribution in [1.82, 2.24) is 4.90 Å². The lowest BCUT2D eigenvalue weighted by Crippen LogP contribution is -2.39. The van der Waals surface area contributed by atoms with E-state index >= 15 is 0 Å².